The molecular formula is C46H82NO10P. The molecule has 3 atom stereocenters. The molecule has 2 unspecified atom stereocenters. The summed E-state index contributed by atoms with van der Waals surface area (Å²) in [5.74, 6) is -2.46. The van der Waals surface area contributed by atoms with E-state index in [0.29, 0.717) is 12.8 Å². The fourth-order valence-corrected chi connectivity index (χ4v) is 6.82. The number of carbonyl (C=O) groups is 3. The third-order valence-corrected chi connectivity index (χ3v) is 10.5. The topological polar surface area (TPSA) is 172 Å². The quantitative estimate of drug-likeness (QED) is 0.0231. The average molecular weight is 840 g/mol. The van der Waals surface area contributed by atoms with Gasteiger partial charge in [0.05, 0.1) is 13.2 Å². The Bertz CT molecular complexity index is 1170. The molecule has 0 radical (unpaired) electrons. The molecule has 0 aromatic carbocycles. The number of nitrogens with two attached hydrogens (primary N) is 1. The van der Waals surface area contributed by atoms with Crippen molar-refractivity contribution >= 4 is 25.7 Å². The number of esters is 2. The van der Waals surface area contributed by atoms with Crippen LogP contribution < -0.4 is 5.73 Å². The summed E-state index contributed by atoms with van der Waals surface area (Å²) < 4.78 is 32.6. The second kappa shape index (κ2) is 41.2. The Balaban J connectivity index is 4.30. The lowest BCUT2D eigenvalue weighted by atomic mass is 10.0. The van der Waals surface area contributed by atoms with Crippen LogP contribution in [0, 0.1) is 0 Å². The van der Waals surface area contributed by atoms with Crippen molar-refractivity contribution < 1.29 is 47.5 Å². The highest BCUT2D eigenvalue weighted by molar-refractivity contribution is 7.47. The molecule has 0 fully saturated rings. The second-order valence-electron chi connectivity index (χ2n) is 15.1. The summed E-state index contributed by atoms with van der Waals surface area (Å²) in [5.41, 5.74) is 5.33. The summed E-state index contributed by atoms with van der Waals surface area (Å²) in [4.78, 5) is 45.9. The number of rotatable bonds is 42. The minimum absolute atomic E-state index is 0.0552. The van der Waals surface area contributed by atoms with Crippen LogP contribution >= 0.6 is 7.82 Å². The first-order valence-corrected chi connectivity index (χ1v) is 24.2. The number of hydrogen-bond acceptors (Lipinski definition) is 9. The van der Waals surface area contributed by atoms with Crippen LogP contribution in [0.15, 0.2) is 48.6 Å². The molecule has 12 heteroatoms. The molecule has 0 aliphatic heterocycles. The van der Waals surface area contributed by atoms with Crippen LogP contribution in [0.25, 0.3) is 0 Å². The van der Waals surface area contributed by atoms with E-state index in [1.54, 1.807) is 0 Å². The maximum Gasteiger partial charge on any atom is 0.472 e. The molecule has 0 heterocycles. The van der Waals surface area contributed by atoms with Crippen molar-refractivity contribution in [1.82, 2.24) is 0 Å². The molecule has 58 heavy (non-hydrogen) atoms. The lowest BCUT2D eigenvalue weighted by molar-refractivity contribution is -0.161. The summed E-state index contributed by atoms with van der Waals surface area (Å²) >= 11 is 0. The first-order valence-electron chi connectivity index (χ1n) is 22.7. The molecule has 0 aromatic heterocycles. The van der Waals surface area contributed by atoms with Crippen LogP contribution in [-0.4, -0.2) is 59.9 Å². The van der Waals surface area contributed by atoms with Crippen LogP contribution in [-0.2, 0) is 37.5 Å². The van der Waals surface area contributed by atoms with Crippen LogP contribution in [0.3, 0.4) is 0 Å². The molecule has 11 nitrogen and oxygen atoms in total. The van der Waals surface area contributed by atoms with Crippen molar-refractivity contribution in [3.8, 4) is 0 Å². The number of unbranched alkanes of at least 4 members (excludes halogenated alkanes) is 20. The van der Waals surface area contributed by atoms with Crippen LogP contribution in [0.2, 0.25) is 0 Å². The molecule has 0 bridgehead atoms. The molecule has 0 spiro atoms. The van der Waals surface area contributed by atoms with Crippen molar-refractivity contribution in [3.63, 3.8) is 0 Å². The Kier molecular flexibility index (Phi) is 39.4. The van der Waals surface area contributed by atoms with Gasteiger partial charge in [-0.25, -0.2) is 4.57 Å². The Morgan fingerprint density at radius 2 is 1.00 bits per heavy atom. The Morgan fingerprint density at radius 3 is 1.50 bits per heavy atom. The highest BCUT2D eigenvalue weighted by Gasteiger charge is 2.28. The van der Waals surface area contributed by atoms with Gasteiger partial charge in [-0.15, -0.1) is 0 Å². The third kappa shape index (κ3) is 40.2. The summed E-state index contributed by atoms with van der Waals surface area (Å²) in [6, 6.07) is -1.53. The van der Waals surface area contributed by atoms with Crippen LogP contribution in [0.4, 0.5) is 0 Å². The van der Waals surface area contributed by atoms with Gasteiger partial charge in [0.25, 0.3) is 0 Å². The average Bonchev–Trinajstić information content (AvgIpc) is 3.20. The van der Waals surface area contributed by atoms with Gasteiger partial charge in [0, 0.05) is 12.8 Å². The zero-order valence-electron chi connectivity index (χ0n) is 36.4. The normalized spacial score (nSPS) is 14.1. The Hall–Kier alpha value is -2.56. The predicted octanol–water partition coefficient (Wildman–Crippen LogP) is 12.2. The van der Waals surface area contributed by atoms with E-state index >= 15 is 0 Å². The van der Waals surface area contributed by atoms with Gasteiger partial charge < -0.3 is 25.2 Å². The molecule has 0 aromatic rings. The SMILES string of the molecule is CC/C=C/C/C=C/CCCCCCCCCCCCCCCCC(=O)OCC(COP(=O)(O)OC[C@H](N)C(=O)O)OC(=O)CC/C=C/C/C=C/CCCCCCCC. The number of carboxylic acid groups (broad SMARTS) is 1. The Morgan fingerprint density at radius 1 is 0.552 bits per heavy atom. The summed E-state index contributed by atoms with van der Waals surface area (Å²) in [6.45, 7) is 2.64. The number of phosphoric ester groups is 1. The maximum absolute atomic E-state index is 12.6. The number of hydrogen-bond donors (Lipinski definition) is 3. The first-order chi connectivity index (χ1) is 28.1. The summed E-state index contributed by atoms with van der Waals surface area (Å²) in [5, 5.41) is 8.89. The number of ether oxygens (including phenoxy) is 2. The predicted molar refractivity (Wildman–Crippen MR) is 235 cm³/mol. The van der Waals surface area contributed by atoms with Crippen molar-refractivity contribution in [1.29, 1.82) is 0 Å². The molecule has 0 aliphatic rings. The van der Waals surface area contributed by atoms with E-state index in [9.17, 15) is 23.8 Å². The highest BCUT2D eigenvalue weighted by Crippen LogP contribution is 2.43. The van der Waals surface area contributed by atoms with E-state index in [2.05, 4.69) is 54.8 Å². The maximum atomic E-state index is 12.6. The molecule has 0 saturated heterocycles. The van der Waals surface area contributed by atoms with E-state index in [0.717, 1.165) is 44.9 Å². The van der Waals surface area contributed by atoms with Gasteiger partial charge in [0.15, 0.2) is 6.10 Å². The van der Waals surface area contributed by atoms with Crippen molar-refractivity contribution in [3.05, 3.63) is 48.6 Å². The van der Waals surface area contributed by atoms with Crippen molar-refractivity contribution in [2.75, 3.05) is 19.8 Å². The van der Waals surface area contributed by atoms with E-state index in [4.69, 9.17) is 24.8 Å². The molecule has 4 N–H and O–H groups in total. The minimum Gasteiger partial charge on any atom is -0.480 e. The van der Waals surface area contributed by atoms with Gasteiger partial charge in [-0.2, -0.15) is 0 Å². The van der Waals surface area contributed by atoms with Crippen molar-refractivity contribution in [2.24, 2.45) is 5.73 Å². The first kappa shape index (κ1) is 55.4. The van der Waals surface area contributed by atoms with E-state index in [-0.39, 0.29) is 19.4 Å². The van der Waals surface area contributed by atoms with E-state index < -0.39 is 51.1 Å². The number of phosphoric acid groups is 1. The van der Waals surface area contributed by atoms with E-state index in [1.807, 2.05) is 12.2 Å². The van der Waals surface area contributed by atoms with Crippen LogP contribution in [0.5, 0.6) is 0 Å². The minimum atomic E-state index is -4.73. The lowest BCUT2D eigenvalue weighted by Crippen LogP contribution is -2.34. The number of allylic oxidation sites excluding steroid dienone is 8. The molecule has 0 saturated carbocycles. The third-order valence-electron chi connectivity index (χ3n) is 9.57. The fraction of sp³-hybridized carbons (Fsp3) is 0.761. The Labute approximate surface area is 352 Å². The van der Waals surface area contributed by atoms with Gasteiger partial charge in [0.2, 0.25) is 0 Å². The number of aliphatic carboxylic acids is 1. The second-order valence-corrected chi connectivity index (χ2v) is 16.6. The molecule has 0 aliphatic carbocycles. The van der Waals surface area contributed by atoms with Gasteiger partial charge in [-0.05, 0) is 57.8 Å². The smallest absolute Gasteiger partial charge is 0.472 e. The summed E-state index contributed by atoms with van der Waals surface area (Å²) in [6.07, 6.45) is 46.3. The van der Waals surface area contributed by atoms with Gasteiger partial charge in [-0.1, -0.05) is 172 Å². The molecule has 0 rings (SSSR count). The van der Waals surface area contributed by atoms with Gasteiger partial charge in [-0.3, -0.25) is 23.4 Å². The lowest BCUT2D eigenvalue weighted by Gasteiger charge is -2.20. The van der Waals surface area contributed by atoms with Gasteiger partial charge >= 0.3 is 25.7 Å². The number of carbonyl (C=O) groups excluding carboxylic acids is 2. The number of carboxylic acids is 1. The van der Waals surface area contributed by atoms with E-state index in [1.165, 1.54) is 109 Å². The summed E-state index contributed by atoms with van der Waals surface area (Å²) in [7, 11) is -4.73. The molecule has 0 amide bonds. The largest absolute Gasteiger partial charge is 0.480 e. The van der Waals surface area contributed by atoms with Gasteiger partial charge in [0.1, 0.15) is 12.6 Å². The molecule has 336 valence electrons. The highest BCUT2D eigenvalue weighted by atomic mass is 31.2. The molecular weight excluding hydrogens is 757 g/mol. The van der Waals surface area contributed by atoms with Crippen LogP contribution in [0.1, 0.15) is 194 Å². The zero-order valence-corrected chi connectivity index (χ0v) is 37.3. The zero-order chi connectivity index (χ0) is 42.8. The fourth-order valence-electron chi connectivity index (χ4n) is 6.04. The van der Waals surface area contributed by atoms with Crippen molar-refractivity contribution in [2.45, 2.75) is 206 Å². The monoisotopic (exact) mass is 840 g/mol. The standard InChI is InChI=1S/C46H82NO10P/c1-3-5-7-9-11-13-15-17-18-19-20-21-22-23-24-26-27-29-31-33-35-37-44(48)54-39-42(40-55-58(52,53)56-41-43(47)46(50)51)57-45(49)38-36-34-32-30-28-25-16-14-12-10-8-6-4-2/h5,7,11,13,25,28,32,34,42-43H,3-4,6,8-10,12,14-24,26-27,29-31,33,35-41,47H2,1-2H3,(H,50,51)(H,52,53)/b7-5+,13-11+,28-25+,34-32+/t42?,43-/m0/s1.